The lowest BCUT2D eigenvalue weighted by Gasteiger charge is -2.17. The Bertz CT molecular complexity index is 1700. The number of rotatable bonds is 3. The van der Waals surface area contributed by atoms with Crippen molar-refractivity contribution in [2.24, 2.45) is 0 Å². The van der Waals surface area contributed by atoms with Crippen LogP contribution in [0.15, 0.2) is 77.6 Å². The summed E-state index contributed by atoms with van der Waals surface area (Å²) >= 11 is 1.21. The minimum atomic E-state index is -0.317. The number of aryl methyl sites for hydroxylation is 2. The maximum Gasteiger partial charge on any atom is 0.291 e. The fraction of sp³-hybridized carbons (Fsp3) is 0.111. The monoisotopic (exact) mass is 464 g/mol. The average molecular weight is 465 g/mol. The van der Waals surface area contributed by atoms with Gasteiger partial charge in [0.05, 0.1) is 17.8 Å². The van der Waals surface area contributed by atoms with Gasteiger partial charge in [0.1, 0.15) is 4.53 Å². The van der Waals surface area contributed by atoms with Crippen LogP contribution in [0.1, 0.15) is 22.3 Å². The van der Waals surface area contributed by atoms with Gasteiger partial charge in [-0.1, -0.05) is 83.6 Å². The molecular weight excluding hydrogens is 444 g/mol. The summed E-state index contributed by atoms with van der Waals surface area (Å²) in [6, 6.07) is 23.5. The Morgan fingerprint density at radius 2 is 1.56 bits per heavy atom. The molecule has 1 aliphatic rings. The van der Waals surface area contributed by atoms with Gasteiger partial charge in [-0.25, -0.2) is 0 Å². The van der Waals surface area contributed by atoms with E-state index in [9.17, 15) is 9.59 Å². The Hall–Kier alpha value is -4.10. The van der Waals surface area contributed by atoms with E-state index in [0.29, 0.717) is 27.4 Å². The molecule has 0 aliphatic carbocycles. The van der Waals surface area contributed by atoms with E-state index in [1.165, 1.54) is 21.4 Å². The number of hydrogen-bond donors (Lipinski definition) is 0. The van der Waals surface area contributed by atoms with Gasteiger partial charge in [0.25, 0.3) is 11.5 Å². The maximum atomic E-state index is 13.6. The third-order valence-corrected chi connectivity index (χ3v) is 7.18. The standard InChI is InChI=1S/C27H20N4O2S/c1-16-11-13-18(14-12-16)15-30-21-10-6-5-9-20(21)22(25(30)32)23-26(33)31-27(34-23)28-24(29-31)19-8-4-3-7-17(19)2/h3-14H,15H2,1-2H3. The molecule has 34 heavy (non-hydrogen) atoms. The van der Waals surface area contributed by atoms with Gasteiger partial charge < -0.3 is 4.90 Å². The molecule has 6 rings (SSSR count). The fourth-order valence-electron chi connectivity index (χ4n) is 4.36. The lowest BCUT2D eigenvalue weighted by atomic mass is 10.1. The van der Waals surface area contributed by atoms with Crippen LogP contribution < -0.4 is 15.0 Å². The van der Waals surface area contributed by atoms with Crippen molar-refractivity contribution in [3.63, 3.8) is 0 Å². The molecule has 6 nitrogen and oxygen atoms in total. The van der Waals surface area contributed by atoms with Gasteiger partial charge in [-0.15, -0.1) is 5.10 Å². The molecule has 3 heterocycles. The maximum absolute atomic E-state index is 13.6. The molecular formula is C27H20N4O2S. The second-order valence-corrected chi connectivity index (χ2v) is 9.43. The van der Waals surface area contributed by atoms with Crippen LogP contribution in [0.4, 0.5) is 5.69 Å². The van der Waals surface area contributed by atoms with Gasteiger partial charge in [-0.2, -0.15) is 9.50 Å². The Morgan fingerprint density at radius 3 is 2.29 bits per heavy atom. The number of benzene rings is 3. The molecule has 0 bridgehead atoms. The molecule has 0 N–H and O–H groups in total. The van der Waals surface area contributed by atoms with Crippen LogP contribution in [-0.2, 0) is 11.3 Å². The molecule has 0 atom stereocenters. The molecule has 7 heteroatoms. The first-order chi connectivity index (χ1) is 16.5. The van der Waals surface area contributed by atoms with Gasteiger partial charge in [0, 0.05) is 11.1 Å². The fourth-order valence-corrected chi connectivity index (χ4v) is 5.35. The molecule has 5 aromatic rings. The number of para-hydroxylation sites is 1. The summed E-state index contributed by atoms with van der Waals surface area (Å²) in [4.78, 5) is 33.8. The zero-order valence-corrected chi connectivity index (χ0v) is 19.5. The predicted molar refractivity (Wildman–Crippen MR) is 134 cm³/mol. The van der Waals surface area contributed by atoms with Gasteiger partial charge in [0.2, 0.25) is 4.96 Å². The van der Waals surface area contributed by atoms with E-state index >= 15 is 0 Å². The normalized spacial score (nSPS) is 14.8. The van der Waals surface area contributed by atoms with Crippen LogP contribution in [0.5, 0.6) is 0 Å². The van der Waals surface area contributed by atoms with E-state index < -0.39 is 0 Å². The summed E-state index contributed by atoms with van der Waals surface area (Å²) in [5, 5.41) is 4.48. The van der Waals surface area contributed by atoms with E-state index in [-0.39, 0.29) is 11.5 Å². The molecule has 0 saturated carbocycles. The van der Waals surface area contributed by atoms with Crippen molar-refractivity contribution in [2.45, 2.75) is 20.4 Å². The van der Waals surface area contributed by atoms with Crippen molar-refractivity contribution in [3.05, 3.63) is 110 Å². The zero-order valence-electron chi connectivity index (χ0n) is 18.6. The number of carbonyl (C=O) groups excluding carboxylic acids is 1. The summed E-state index contributed by atoms with van der Waals surface area (Å²) in [5.74, 6) is 0.333. The smallest absolute Gasteiger partial charge is 0.291 e. The minimum Gasteiger partial charge on any atom is -0.303 e. The number of amides is 1. The Balaban J connectivity index is 1.50. The van der Waals surface area contributed by atoms with E-state index in [0.717, 1.165) is 27.9 Å². The minimum absolute atomic E-state index is 0.178. The molecule has 3 aromatic carbocycles. The second-order valence-electron chi connectivity index (χ2n) is 8.45. The van der Waals surface area contributed by atoms with Crippen LogP contribution in [0.2, 0.25) is 0 Å². The van der Waals surface area contributed by atoms with Crippen LogP contribution in [0.25, 0.3) is 21.9 Å². The number of anilines is 1. The third-order valence-electron chi connectivity index (χ3n) is 6.15. The molecule has 0 unspecified atom stereocenters. The van der Waals surface area contributed by atoms with Gasteiger partial charge in [0.15, 0.2) is 5.82 Å². The molecule has 2 aromatic heterocycles. The van der Waals surface area contributed by atoms with E-state index in [4.69, 9.17) is 0 Å². The van der Waals surface area contributed by atoms with Crippen molar-refractivity contribution < 1.29 is 4.79 Å². The highest BCUT2D eigenvalue weighted by molar-refractivity contribution is 7.15. The first-order valence-electron chi connectivity index (χ1n) is 11.0. The molecule has 166 valence electrons. The van der Waals surface area contributed by atoms with Crippen molar-refractivity contribution in [3.8, 4) is 11.4 Å². The van der Waals surface area contributed by atoms with E-state index in [2.05, 4.69) is 10.1 Å². The predicted octanol–water partition coefficient (Wildman–Crippen LogP) is 3.90. The van der Waals surface area contributed by atoms with Crippen LogP contribution >= 0.6 is 11.3 Å². The summed E-state index contributed by atoms with van der Waals surface area (Å²) in [5.41, 5.74) is 5.79. The summed E-state index contributed by atoms with van der Waals surface area (Å²) in [7, 11) is 0. The molecule has 0 fully saturated rings. The summed E-state index contributed by atoms with van der Waals surface area (Å²) in [6.45, 7) is 4.46. The van der Waals surface area contributed by atoms with Crippen LogP contribution in [-0.4, -0.2) is 20.5 Å². The van der Waals surface area contributed by atoms with Gasteiger partial charge >= 0.3 is 0 Å². The van der Waals surface area contributed by atoms with Crippen LogP contribution in [0, 0.1) is 13.8 Å². The Kier molecular flexibility index (Phi) is 4.67. The molecule has 1 amide bonds. The first-order valence-corrected chi connectivity index (χ1v) is 11.8. The molecule has 0 radical (unpaired) electrons. The summed E-state index contributed by atoms with van der Waals surface area (Å²) < 4.78 is 1.68. The number of aromatic nitrogens is 3. The molecule has 1 aliphatic heterocycles. The zero-order chi connectivity index (χ0) is 23.4. The average Bonchev–Trinajstić information content (AvgIpc) is 3.47. The van der Waals surface area contributed by atoms with Gasteiger partial charge in [-0.3, -0.25) is 9.59 Å². The lowest BCUT2D eigenvalue weighted by Crippen LogP contribution is -2.32. The highest BCUT2D eigenvalue weighted by atomic mass is 32.1. The van der Waals surface area contributed by atoms with Crippen LogP contribution in [0.3, 0.4) is 0 Å². The van der Waals surface area contributed by atoms with Crippen molar-refractivity contribution in [1.29, 1.82) is 0 Å². The third kappa shape index (κ3) is 3.16. The first kappa shape index (κ1) is 20.5. The Morgan fingerprint density at radius 1 is 0.853 bits per heavy atom. The number of fused-ring (bicyclic) bond motifs is 2. The molecule has 0 spiro atoms. The number of nitrogens with zero attached hydrogens (tertiary/aromatic N) is 4. The summed E-state index contributed by atoms with van der Waals surface area (Å²) in [6.07, 6.45) is 0. The molecule has 0 saturated heterocycles. The highest BCUT2D eigenvalue weighted by Gasteiger charge is 2.34. The van der Waals surface area contributed by atoms with Gasteiger partial charge in [-0.05, 0) is 31.0 Å². The highest BCUT2D eigenvalue weighted by Crippen LogP contribution is 2.36. The number of carbonyl (C=O) groups is 1. The second kappa shape index (κ2) is 7.74. The Labute approximate surface area is 199 Å². The largest absolute Gasteiger partial charge is 0.303 e. The quantitative estimate of drug-likeness (QED) is 0.406. The SMILES string of the molecule is Cc1ccc(CN2C(=O)C(=c3sc4nc(-c5ccccc5C)nn4c3=O)c3ccccc32)cc1. The number of hydrogen-bond acceptors (Lipinski definition) is 5. The number of thiazole rings is 1. The van der Waals surface area contributed by atoms with E-state index in [1.807, 2.05) is 86.6 Å². The van der Waals surface area contributed by atoms with E-state index in [1.54, 1.807) is 4.90 Å². The van der Waals surface area contributed by atoms with Crippen molar-refractivity contribution in [1.82, 2.24) is 14.6 Å². The van der Waals surface area contributed by atoms with Crippen molar-refractivity contribution in [2.75, 3.05) is 4.90 Å². The van der Waals surface area contributed by atoms with Crippen molar-refractivity contribution >= 4 is 33.5 Å². The topological polar surface area (TPSA) is 67.6 Å². The lowest BCUT2D eigenvalue weighted by molar-refractivity contribution is -0.113.